The molecule has 1 unspecified atom stereocenters. The van der Waals surface area contributed by atoms with E-state index >= 15 is 0 Å². The predicted molar refractivity (Wildman–Crippen MR) is 85.2 cm³/mol. The van der Waals surface area contributed by atoms with Crippen LogP contribution in [0.15, 0.2) is 17.5 Å². The average Bonchev–Trinajstić information content (AvgIpc) is 2.92. The average molecular weight is 291 g/mol. The second-order valence-corrected chi connectivity index (χ2v) is 5.99. The number of likely N-dealkylation sites (N-methyl/N-ethyl adjacent to an activating group) is 1. The monoisotopic (exact) mass is 291 g/mol. The second-order valence-electron chi connectivity index (χ2n) is 4.96. The third kappa shape index (κ3) is 3.08. The molecule has 0 aliphatic carbocycles. The van der Waals surface area contributed by atoms with Crippen molar-refractivity contribution in [3.8, 4) is 0 Å². The van der Waals surface area contributed by atoms with E-state index in [0.717, 1.165) is 17.8 Å². The van der Waals surface area contributed by atoms with E-state index in [-0.39, 0.29) is 0 Å². The zero-order chi connectivity index (χ0) is 14.7. The Kier molecular flexibility index (Phi) is 4.57. The molecule has 2 rings (SSSR count). The van der Waals surface area contributed by atoms with Gasteiger partial charge in [0.1, 0.15) is 17.5 Å². The summed E-state index contributed by atoms with van der Waals surface area (Å²) in [6.45, 7) is 6.06. The Labute approximate surface area is 123 Å². The minimum absolute atomic E-state index is 0.354. The summed E-state index contributed by atoms with van der Waals surface area (Å²) in [5.74, 6) is 7.84. The van der Waals surface area contributed by atoms with Gasteiger partial charge in [0.05, 0.1) is 0 Å². The summed E-state index contributed by atoms with van der Waals surface area (Å²) in [5, 5.41) is 2.11. The van der Waals surface area contributed by atoms with Crippen LogP contribution in [0.1, 0.15) is 23.2 Å². The number of rotatable bonds is 5. The molecule has 0 aromatic carbocycles. The number of nitrogens with two attached hydrogens (primary N) is 1. The highest BCUT2D eigenvalue weighted by atomic mass is 32.1. The number of nitrogens with one attached hydrogen (secondary N) is 1. The molecular weight excluding hydrogens is 270 g/mol. The first-order valence-electron chi connectivity index (χ1n) is 6.60. The van der Waals surface area contributed by atoms with Crippen LogP contribution in [0.4, 0.5) is 11.6 Å². The lowest BCUT2D eigenvalue weighted by molar-refractivity contribution is 0.675. The zero-order valence-corrected chi connectivity index (χ0v) is 13.2. The van der Waals surface area contributed by atoms with E-state index < -0.39 is 0 Å². The Bertz CT molecular complexity index is 567. The lowest BCUT2D eigenvalue weighted by atomic mass is 10.1. The van der Waals surface area contributed by atoms with Crippen LogP contribution in [0.2, 0.25) is 0 Å². The minimum atomic E-state index is 0.354. The fourth-order valence-corrected chi connectivity index (χ4v) is 2.99. The van der Waals surface area contributed by atoms with Gasteiger partial charge in [0, 0.05) is 30.0 Å². The van der Waals surface area contributed by atoms with Crippen LogP contribution in [0.25, 0.3) is 0 Å². The summed E-state index contributed by atoms with van der Waals surface area (Å²) in [4.78, 5) is 12.4. The first-order valence-corrected chi connectivity index (χ1v) is 7.48. The molecule has 0 saturated heterocycles. The standard InChI is InChI=1S/C14H21N5S/c1-9(8-12-6-5-7-20-12)19(4)14-10(2)13(18-15)16-11(3)17-14/h5-7,9H,8,15H2,1-4H3,(H,16,17,18). The Hall–Kier alpha value is -1.66. The molecule has 3 N–H and O–H groups in total. The van der Waals surface area contributed by atoms with Gasteiger partial charge in [-0.2, -0.15) is 0 Å². The summed E-state index contributed by atoms with van der Waals surface area (Å²) in [5.41, 5.74) is 3.61. The van der Waals surface area contributed by atoms with Gasteiger partial charge in [0.25, 0.3) is 0 Å². The van der Waals surface area contributed by atoms with E-state index in [4.69, 9.17) is 5.84 Å². The summed E-state index contributed by atoms with van der Waals surface area (Å²) < 4.78 is 0. The molecule has 108 valence electrons. The van der Waals surface area contributed by atoms with Gasteiger partial charge in [-0.1, -0.05) is 6.07 Å². The van der Waals surface area contributed by atoms with Crippen LogP contribution in [0, 0.1) is 13.8 Å². The fraction of sp³-hybridized carbons (Fsp3) is 0.429. The van der Waals surface area contributed by atoms with E-state index in [1.807, 2.05) is 13.8 Å². The Morgan fingerprint density at radius 3 is 2.75 bits per heavy atom. The van der Waals surface area contributed by atoms with Gasteiger partial charge in [0.15, 0.2) is 0 Å². The van der Waals surface area contributed by atoms with Crippen molar-refractivity contribution in [3.05, 3.63) is 33.8 Å². The highest BCUT2D eigenvalue weighted by molar-refractivity contribution is 7.09. The van der Waals surface area contributed by atoms with E-state index in [9.17, 15) is 0 Å². The number of hydrogen-bond acceptors (Lipinski definition) is 6. The Morgan fingerprint density at radius 1 is 1.40 bits per heavy atom. The maximum Gasteiger partial charge on any atom is 0.148 e. The van der Waals surface area contributed by atoms with Crippen molar-refractivity contribution in [2.24, 2.45) is 5.84 Å². The van der Waals surface area contributed by atoms with Gasteiger partial charge in [-0.3, -0.25) is 0 Å². The maximum atomic E-state index is 5.52. The molecule has 0 spiro atoms. The summed E-state index contributed by atoms with van der Waals surface area (Å²) in [7, 11) is 2.06. The predicted octanol–water partition coefficient (Wildman–Crippen LogP) is 2.51. The van der Waals surface area contributed by atoms with E-state index in [2.05, 4.69) is 51.8 Å². The summed E-state index contributed by atoms with van der Waals surface area (Å²) >= 11 is 1.79. The van der Waals surface area contributed by atoms with Crippen LogP contribution >= 0.6 is 11.3 Å². The van der Waals surface area contributed by atoms with Crippen molar-refractivity contribution in [1.29, 1.82) is 0 Å². The molecule has 2 aromatic heterocycles. The molecule has 0 aliphatic rings. The lowest BCUT2D eigenvalue weighted by Gasteiger charge is -2.27. The number of nitrogens with zero attached hydrogens (tertiary/aromatic N) is 3. The molecule has 0 saturated carbocycles. The van der Waals surface area contributed by atoms with E-state index in [0.29, 0.717) is 17.7 Å². The van der Waals surface area contributed by atoms with Crippen LogP contribution in [-0.2, 0) is 6.42 Å². The number of anilines is 2. The van der Waals surface area contributed by atoms with Crippen LogP contribution < -0.4 is 16.2 Å². The smallest absolute Gasteiger partial charge is 0.148 e. The van der Waals surface area contributed by atoms with Crippen molar-refractivity contribution >= 4 is 23.0 Å². The molecule has 6 heteroatoms. The molecule has 0 radical (unpaired) electrons. The number of aryl methyl sites for hydroxylation is 1. The zero-order valence-electron chi connectivity index (χ0n) is 12.3. The minimum Gasteiger partial charge on any atom is -0.356 e. The molecule has 0 bridgehead atoms. The van der Waals surface area contributed by atoms with Crippen LogP contribution in [0.3, 0.4) is 0 Å². The summed E-state index contributed by atoms with van der Waals surface area (Å²) in [6, 6.07) is 4.61. The number of hydrazine groups is 1. The van der Waals surface area contributed by atoms with E-state index in [1.54, 1.807) is 11.3 Å². The number of nitrogen functional groups attached to an aromatic ring is 1. The SMILES string of the molecule is Cc1nc(NN)c(C)c(N(C)C(C)Cc2cccs2)n1. The molecule has 5 nitrogen and oxygen atoms in total. The van der Waals surface area contributed by atoms with Crippen molar-refractivity contribution in [2.75, 3.05) is 17.4 Å². The number of thiophene rings is 1. The quantitative estimate of drug-likeness (QED) is 0.654. The van der Waals surface area contributed by atoms with Gasteiger partial charge < -0.3 is 10.3 Å². The highest BCUT2D eigenvalue weighted by Gasteiger charge is 2.17. The molecule has 0 aliphatic heterocycles. The molecule has 2 aromatic rings. The van der Waals surface area contributed by atoms with Gasteiger partial charge in [-0.15, -0.1) is 11.3 Å². The van der Waals surface area contributed by atoms with Crippen LogP contribution in [0.5, 0.6) is 0 Å². The second kappa shape index (κ2) is 6.19. The van der Waals surface area contributed by atoms with Crippen molar-refractivity contribution in [1.82, 2.24) is 9.97 Å². The van der Waals surface area contributed by atoms with Crippen molar-refractivity contribution in [2.45, 2.75) is 33.2 Å². The molecule has 0 fully saturated rings. The summed E-state index contributed by atoms with van der Waals surface area (Å²) in [6.07, 6.45) is 1.00. The van der Waals surface area contributed by atoms with Gasteiger partial charge in [0.2, 0.25) is 0 Å². The number of aromatic nitrogens is 2. The number of hydrogen-bond donors (Lipinski definition) is 2. The van der Waals surface area contributed by atoms with Gasteiger partial charge in [-0.25, -0.2) is 15.8 Å². The van der Waals surface area contributed by atoms with Gasteiger partial charge >= 0.3 is 0 Å². The molecule has 1 atom stereocenters. The third-order valence-corrected chi connectivity index (χ3v) is 4.34. The maximum absolute atomic E-state index is 5.52. The first kappa shape index (κ1) is 14.7. The Morgan fingerprint density at radius 2 is 2.15 bits per heavy atom. The van der Waals surface area contributed by atoms with E-state index in [1.165, 1.54) is 4.88 Å². The molecule has 2 heterocycles. The molecule has 20 heavy (non-hydrogen) atoms. The third-order valence-electron chi connectivity index (χ3n) is 3.44. The Balaban J connectivity index is 2.23. The fourth-order valence-electron chi connectivity index (χ4n) is 2.16. The topological polar surface area (TPSA) is 67.1 Å². The lowest BCUT2D eigenvalue weighted by Crippen LogP contribution is -2.32. The normalized spacial score (nSPS) is 12.2. The first-order chi connectivity index (χ1) is 9.52. The highest BCUT2D eigenvalue weighted by Crippen LogP contribution is 2.25. The van der Waals surface area contributed by atoms with Crippen molar-refractivity contribution < 1.29 is 0 Å². The van der Waals surface area contributed by atoms with Crippen LogP contribution in [-0.4, -0.2) is 23.1 Å². The van der Waals surface area contributed by atoms with Crippen molar-refractivity contribution in [3.63, 3.8) is 0 Å². The largest absolute Gasteiger partial charge is 0.356 e. The molecule has 0 amide bonds. The molecular formula is C14H21N5S. The van der Waals surface area contributed by atoms with Gasteiger partial charge in [-0.05, 0) is 32.2 Å².